The molecule has 1 atom stereocenters. The number of hydrogen-bond donors (Lipinski definition) is 1. The Hall–Kier alpha value is -1.25. The number of carbonyl (C=O) groups is 1. The van der Waals surface area contributed by atoms with Gasteiger partial charge in [0.1, 0.15) is 0 Å². The molecule has 0 aliphatic carbocycles. The van der Waals surface area contributed by atoms with E-state index < -0.39 is 17.3 Å². The van der Waals surface area contributed by atoms with Gasteiger partial charge in [-0.05, 0) is 20.8 Å². The third kappa shape index (κ3) is 4.12. The number of rotatable bonds is 4. The Kier molecular flexibility index (Phi) is 4.83. The lowest BCUT2D eigenvalue weighted by Gasteiger charge is -2.13. The summed E-state index contributed by atoms with van der Waals surface area (Å²) in [4.78, 5) is 11.7. The van der Waals surface area contributed by atoms with Crippen LogP contribution in [0.3, 0.4) is 0 Å². The first-order valence-corrected chi connectivity index (χ1v) is 6.44. The Morgan fingerprint density at radius 2 is 1.89 bits per heavy atom. The van der Waals surface area contributed by atoms with Crippen molar-refractivity contribution in [3.63, 3.8) is 0 Å². The molecule has 5 nitrogen and oxygen atoms in total. The highest BCUT2D eigenvalue weighted by Gasteiger charge is 2.37. The van der Waals surface area contributed by atoms with Crippen LogP contribution in [0.1, 0.15) is 26.6 Å². The van der Waals surface area contributed by atoms with E-state index in [1.165, 1.54) is 7.05 Å². The van der Waals surface area contributed by atoms with Gasteiger partial charge in [0, 0.05) is 13.1 Å². The maximum absolute atomic E-state index is 12.5. The number of aromatic nitrogens is 3. The summed E-state index contributed by atoms with van der Waals surface area (Å²) < 4.78 is 38.4. The number of thioether (sulfide) groups is 1. The van der Waals surface area contributed by atoms with E-state index in [4.69, 9.17) is 0 Å². The lowest BCUT2D eigenvalue weighted by Crippen LogP contribution is -2.36. The average Bonchev–Trinajstić information content (AvgIpc) is 2.58. The molecule has 9 heteroatoms. The molecule has 0 aromatic carbocycles. The Morgan fingerprint density at radius 3 is 2.32 bits per heavy atom. The predicted molar refractivity (Wildman–Crippen MR) is 64.6 cm³/mol. The van der Waals surface area contributed by atoms with Crippen LogP contribution in [0.5, 0.6) is 0 Å². The quantitative estimate of drug-likeness (QED) is 0.861. The standard InChI is InChI=1S/C10H15F3N4OS/c1-5(2)14-7(18)6(3)19-9-16-15-8(17(9)4)10(11,12)13/h5-6H,1-4H3,(H,14,18)/t6-/m1/s1. The van der Waals surface area contributed by atoms with Gasteiger partial charge in [0.2, 0.25) is 11.7 Å². The van der Waals surface area contributed by atoms with Crippen molar-refractivity contribution in [1.82, 2.24) is 20.1 Å². The summed E-state index contributed by atoms with van der Waals surface area (Å²) in [6.45, 7) is 5.21. The lowest BCUT2D eigenvalue weighted by atomic mass is 10.3. The van der Waals surface area contributed by atoms with Gasteiger partial charge in [0.15, 0.2) is 5.16 Å². The molecule has 1 rings (SSSR count). The van der Waals surface area contributed by atoms with Gasteiger partial charge in [0.05, 0.1) is 5.25 Å². The van der Waals surface area contributed by atoms with Crippen molar-refractivity contribution in [2.75, 3.05) is 0 Å². The van der Waals surface area contributed by atoms with Crippen LogP contribution in [-0.2, 0) is 18.0 Å². The minimum atomic E-state index is -4.55. The molecule has 0 unspecified atom stereocenters. The smallest absolute Gasteiger partial charge is 0.353 e. The molecule has 0 saturated carbocycles. The number of alkyl halides is 3. The summed E-state index contributed by atoms with van der Waals surface area (Å²) in [6, 6.07) is -0.0271. The van der Waals surface area contributed by atoms with Crippen LogP contribution in [0.4, 0.5) is 13.2 Å². The van der Waals surface area contributed by atoms with E-state index >= 15 is 0 Å². The largest absolute Gasteiger partial charge is 0.451 e. The molecule has 0 radical (unpaired) electrons. The number of hydrogen-bond acceptors (Lipinski definition) is 4. The fourth-order valence-electron chi connectivity index (χ4n) is 1.28. The molecule has 0 aliphatic rings. The number of nitrogens with one attached hydrogen (secondary N) is 1. The zero-order valence-corrected chi connectivity index (χ0v) is 11.8. The second-order valence-corrected chi connectivity index (χ2v) is 5.59. The number of nitrogens with zero attached hydrogens (tertiary/aromatic N) is 3. The van der Waals surface area contributed by atoms with Gasteiger partial charge in [0.25, 0.3) is 0 Å². The summed E-state index contributed by atoms with van der Waals surface area (Å²) in [5.41, 5.74) is 0. The minimum Gasteiger partial charge on any atom is -0.353 e. The fraction of sp³-hybridized carbons (Fsp3) is 0.700. The van der Waals surface area contributed by atoms with Crippen molar-refractivity contribution in [1.29, 1.82) is 0 Å². The summed E-state index contributed by atoms with van der Waals surface area (Å²) in [5, 5.41) is 8.74. The van der Waals surface area contributed by atoms with E-state index in [0.29, 0.717) is 0 Å². The Morgan fingerprint density at radius 1 is 1.32 bits per heavy atom. The van der Waals surface area contributed by atoms with E-state index in [2.05, 4.69) is 15.5 Å². The third-order valence-electron chi connectivity index (χ3n) is 2.17. The van der Waals surface area contributed by atoms with Crippen molar-refractivity contribution >= 4 is 17.7 Å². The molecule has 1 heterocycles. The van der Waals surface area contributed by atoms with Crippen LogP contribution >= 0.6 is 11.8 Å². The van der Waals surface area contributed by atoms with Gasteiger partial charge in [-0.25, -0.2) is 0 Å². The van der Waals surface area contributed by atoms with Crippen LogP contribution in [-0.4, -0.2) is 32.0 Å². The molecule has 1 amide bonds. The maximum Gasteiger partial charge on any atom is 0.451 e. The topological polar surface area (TPSA) is 59.8 Å². The van der Waals surface area contributed by atoms with Gasteiger partial charge in [-0.1, -0.05) is 11.8 Å². The summed E-state index contributed by atoms with van der Waals surface area (Å²) >= 11 is 0.935. The van der Waals surface area contributed by atoms with Crippen molar-refractivity contribution in [2.45, 2.75) is 43.4 Å². The van der Waals surface area contributed by atoms with E-state index in [-0.39, 0.29) is 17.1 Å². The first-order valence-electron chi connectivity index (χ1n) is 5.56. The van der Waals surface area contributed by atoms with Crippen LogP contribution in [0.15, 0.2) is 5.16 Å². The average molecular weight is 296 g/mol. The molecule has 1 aromatic heterocycles. The highest BCUT2D eigenvalue weighted by molar-refractivity contribution is 8.00. The minimum absolute atomic E-state index is 0.0271. The first-order chi connectivity index (χ1) is 8.62. The van der Waals surface area contributed by atoms with E-state index in [0.717, 1.165) is 16.3 Å². The summed E-state index contributed by atoms with van der Waals surface area (Å²) in [7, 11) is 1.22. The maximum atomic E-state index is 12.5. The van der Waals surface area contributed by atoms with E-state index in [9.17, 15) is 18.0 Å². The lowest BCUT2D eigenvalue weighted by molar-refractivity contribution is -0.147. The second-order valence-electron chi connectivity index (χ2n) is 4.29. The second kappa shape index (κ2) is 5.81. The number of carbonyl (C=O) groups excluding carboxylic acids is 1. The molecule has 1 aromatic rings. The Balaban J connectivity index is 2.78. The zero-order valence-electron chi connectivity index (χ0n) is 10.9. The van der Waals surface area contributed by atoms with Crippen LogP contribution in [0, 0.1) is 0 Å². The monoisotopic (exact) mass is 296 g/mol. The first kappa shape index (κ1) is 15.8. The third-order valence-corrected chi connectivity index (χ3v) is 3.30. The molecule has 19 heavy (non-hydrogen) atoms. The summed E-state index contributed by atoms with van der Waals surface area (Å²) in [6.07, 6.45) is -4.55. The normalized spacial score (nSPS) is 13.7. The fourth-order valence-corrected chi connectivity index (χ4v) is 2.10. The SMILES string of the molecule is CC(C)NC(=O)[C@@H](C)Sc1nnc(C(F)(F)F)n1C. The van der Waals surface area contributed by atoms with Crippen LogP contribution in [0.25, 0.3) is 0 Å². The Labute approximate surface area is 113 Å². The van der Waals surface area contributed by atoms with Crippen LogP contribution in [0.2, 0.25) is 0 Å². The predicted octanol–water partition coefficient (Wildman–Crippen LogP) is 1.84. The molecular formula is C10H15F3N4OS. The van der Waals surface area contributed by atoms with Crippen molar-refractivity contribution < 1.29 is 18.0 Å². The van der Waals surface area contributed by atoms with E-state index in [1.807, 2.05) is 0 Å². The molecule has 108 valence electrons. The van der Waals surface area contributed by atoms with Crippen molar-refractivity contribution in [3.05, 3.63) is 5.82 Å². The van der Waals surface area contributed by atoms with Gasteiger partial charge in [-0.15, -0.1) is 10.2 Å². The van der Waals surface area contributed by atoms with Crippen molar-refractivity contribution in [2.24, 2.45) is 7.05 Å². The molecule has 1 N–H and O–H groups in total. The van der Waals surface area contributed by atoms with Crippen LogP contribution < -0.4 is 5.32 Å². The summed E-state index contributed by atoms with van der Waals surface area (Å²) in [5.74, 6) is -1.33. The molecule has 0 aliphatic heterocycles. The zero-order chi connectivity index (χ0) is 14.8. The molecule has 0 spiro atoms. The number of halogens is 3. The Bertz CT molecular complexity index is 458. The highest BCUT2D eigenvalue weighted by Crippen LogP contribution is 2.30. The number of amides is 1. The van der Waals surface area contributed by atoms with Gasteiger partial charge >= 0.3 is 6.18 Å². The molecule has 0 bridgehead atoms. The van der Waals surface area contributed by atoms with Crippen molar-refractivity contribution in [3.8, 4) is 0 Å². The molecular weight excluding hydrogens is 281 g/mol. The highest BCUT2D eigenvalue weighted by atomic mass is 32.2. The molecule has 0 fully saturated rings. The van der Waals surface area contributed by atoms with Gasteiger partial charge < -0.3 is 9.88 Å². The van der Waals surface area contributed by atoms with Gasteiger partial charge in [-0.2, -0.15) is 13.2 Å². The van der Waals surface area contributed by atoms with Gasteiger partial charge in [-0.3, -0.25) is 4.79 Å². The molecule has 0 saturated heterocycles. The van der Waals surface area contributed by atoms with E-state index in [1.54, 1.807) is 20.8 Å².